The van der Waals surface area contributed by atoms with E-state index in [0.717, 1.165) is 11.3 Å². The van der Waals surface area contributed by atoms with Crippen LogP contribution in [0.3, 0.4) is 0 Å². The van der Waals surface area contributed by atoms with Crippen molar-refractivity contribution < 1.29 is 14.6 Å². The van der Waals surface area contributed by atoms with Gasteiger partial charge in [0.2, 0.25) is 11.7 Å². The molecule has 122 valence electrons. The van der Waals surface area contributed by atoms with Crippen molar-refractivity contribution in [1.82, 2.24) is 4.98 Å². The molecule has 6 heteroatoms. The zero-order valence-corrected chi connectivity index (χ0v) is 13.5. The quantitative estimate of drug-likeness (QED) is 0.917. The average Bonchev–Trinajstić information content (AvgIpc) is 2.94. The van der Waals surface area contributed by atoms with Crippen LogP contribution in [0, 0.1) is 6.92 Å². The second-order valence-corrected chi connectivity index (χ2v) is 6.10. The molecule has 0 spiro atoms. The van der Waals surface area contributed by atoms with Gasteiger partial charge in [0.1, 0.15) is 5.84 Å². The first kappa shape index (κ1) is 14.8. The molecule has 0 saturated carbocycles. The maximum atomic E-state index is 12.9. The molecule has 0 amide bonds. The summed E-state index contributed by atoms with van der Waals surface area (Å²) in [5.74, 6) is 0.563. The van der Waals surface area contributed by atoms with Gasteiger partial charge >= 0.3 is 0 Å². The zero-order valence-electron chi connectivity index (χ0n) is 13.5. The third-order valence-corrected chi connectivity index (χ3v) is 4.56. The van der Waals surface area contributed by atoms with Crippen molar-refractivity contribution in [3.8, 4) is 5.88 Å². The number of aliphatic imine (C=N–C) groups is 1. The first-order valence-corrected chi connectivity index (χ1v) is 7.77. The molecule has 1 atom stereocenters. The molecule has 1 fully saturated rings. The molecule has 4 rings (SSSR count). The number of aryl methyl sites for hydroxylation is 1. The summed E-state index contributed by atoms with van der Waals surface area (Å²) in [7, 11) is 1.55. The number of methoxy groups -OCH3 is 1. The maximum absolute atomic E-state index is 12.9. The molecule has 2 aromatic rings. The highest BCUT2D eigenvalue weighted by molar-refractivity contribution is 6.28. The number of rotatable bonds is 2. The van der Waals surface area contributed by atoms with Gasteiger partial charge in [0.15, 0.2) is 5.60 Å². The minimum Gasteiger partial charge on any atom is -0.481 e. The molecule has 6 nitrogen and oxygen atoms in total. The van der Waals surface area contributed by atoms with Crippen LogP contribution >= 0.6 is 0 Å². The van der Waals surface area contributed by atoms with Gasteiger partial charge in [0.05, 0.1) is 12.8 Å². The predicted octanol–water partition coefficient (Wildman–Crippen LogP) is 2.27. The molecule has 1 N–H and O–H groups in total. The van der Waals surface area contributed by atoms with E-state index in [0.29, 0.717) is 35.9 Å². The number of aromatic nitrogens is 1. The van der Waals surface area contributed by atoms with Gasteiger partial charge < -0.3 is 14.7 Å². The molecule has 1 aromatic heterocycles. The van der Waals surface area contributed by atoms with Crippen LogP contribution in [0.4, 0.5) is 11.4 Å². The number of Topliss-reactive ketones (excluding diaryl/α,β-unsaturated/α-hetero) is 1. The third kappa shape index (κ3) is 2.03. The molecule has 3 heterocycles. The number of ether oxygens (including phenoxy) is 1. The number of benzene rings is 1. The molecular weight excluding hydrogens is 306 g/mol. The molecule has 0 unspecified atom stereocenters. The first-order valence-electron chi connectivity index (χ1n) is 7.77. The molecule has 2 aliphatic rings. The fourth-order valence-corrected chi connectivity index (χ4v) is 3.28. The Balaban J connectivity index is 1.84. The Morgan fingerprint density at radius 1 is 1.29 bits per heavy atom. The van der Waals surface area contributed by atoms with E-state index in [9.17, 15) is 9.90 Å². The number of carbonyl (C=O) groups is 1. The average molecular weight is 323 g/mol. The molecule has 24 heavy (non-hydrogen) atoms. The number of amidine groups is 1. The van der Waals surface area contributed by atoms with Crippen LogP contribution in [0.25, 0.3) is 0 Å². The van der Waals surface area contributed by atoms with Gasteiger partial charge in [-0.25, -0.2) is 9.98 Å². The van der Waals surface area contributed by atoms with E-state index in [1.165, 1.54) is 0 Å². The smallest absolute Gasteiger partial charge is 0.214 e. The van der Waals surface area contributed by atoms with Crippen molar-refractivity contribution in [1.29, 1.82) is 0 Å². The van der Waals surface area contributed by atoms with Crippen molar-refractivity contribution in [3.63, 3.8) is 0 Å². The summed E-state index contributed by atoms with van der Waals surface area (Å²) in [4.78, 5) is 23.4. The van der Waals surface area contributed by atoms with Gasteiger partial charge in [0.25, 0.3) is 0 Å². The summed E-state index contributed by atoms with van der Waals surface area (Å²) in [6.45, 7) is 2.42. The van der Waals surface area contributed by atoms with E-state index >= 15 is 0 Å². The largest absolute Gasteiger partial charge is 0.481 e. The minimum absolute atomic E-state index is 0.283. The lowest BCUT2D eigenvalue weighted by Crippen LogP contribution is -2.48. The highest BCUT2D eigenvalue weighted by Crippen LogP contribution is 2.39. The molecule has 0 radical (unpaired) electrons. The Kier molecular flexibility index (Phi) is 3.18. The topological polar surface area (TPSA) is 75.0 Å². The van der Waals surface area contributed by atoms with E-state index < -0.39 is 5.60 Å². The first-order chi connectivity index (χ1) is 11.5. The number of hydrogen-bond donors (Lipinski definition) is 1. The summed E-state index contributed by atoms with van der Waals surface area (Å²) in [6.07, 6.45) is 1.94. The number of fused-ring (bicyclic) bond motifs is 2. The van der Waals surface area contributed by atoms with Gasteiger partial charge in [0, 0.05) is 36.5 Å². The number of carbonyl (C=O) groups excluding carboxylic acids is 1. The molecular formula is C18H17N3O3. The fourth-order valence-electron chi connectivity index (χ4n) is 3.28. The van der Waals surface area contributed by atoms with Crippen molar-refractivity contribution in [3.05, 3.63) is 47.7 Å². The summed E-state index contributed by atoms with van der Waals surface area (Å²) >= 11 is 0. The molecule has 1 saturated heterocycles. The van der Waals surface area contributed by atoms with Crippen LogP contribution in [0.15, 0.2) is 41.5 Å². The second-order valence-electron chi connectivity index (χ2n) is 6.10. The lowest BCUT2D eigenvalue weighted by molar-refractivity contribution is 0.0602. The van der Waals surface area contributed by atoms with E-state index in [1.54, 1.807) is 25.4 Å². The van der Waals surface area contributed by atoms with Crippen LogP contribution in [-0.2, 0) is 0 Å². The summed E-state index contributed by atoms with van der Waals surface area (Å²) in [5, 5.41) is 11.0. The minimum atomic E-state index is -1.57. The monoisotopic (exact) mass is 323 g/mol. The van der Waals surface area contributed by atoms with Crippen molar-refractivity contribution in [2.45, 2.75) is 18.9 Å². The maximum Gasteiger partial charge on any atom is 0.214 e. The highest BCUT2D eigenvalue weighted by Gasteiger charge is 2.52. The normalized spacial score (nSPS) is 22.0. The number of aliphatic hydroxyl groups is 1. The number of pyridine rings is 1. The zero-order chi connectivity index (χ0) is 16.9. The van der Waals surface area contributed by atoms with E-state index in [4.69, 9.17) is 4.74 Å². The van der Waals surface area contributed by atoms with E-state index in [1.807, 2.05) is 30.0 Å². The Hall–Kier alpha value is -2.73. The van der Waals surface area contributed by atoms with Crippen LogP contribution in [0.1, 0.15) is 22.3 Å². The standard InChI is InChI=1S/C18H17N3O3/c1-11-3-4-14-13(9-11)16(22)18(23)6-8-21(17(18)20-14)12-5-7-19-15(10-12)24-2/h3-5,7,9-10,23H,6,8H2,1-2H3/t18-/m1/s1. The Bertz CT molecular complexity index is 878. The Morgan fingerprint density at radius 2 is 2.12 bits per heavy atom. The number of ketones is 1. The van der Waals surface area contributed by atoms with Crippen LogP contribution in [0.2, 0.25) is 0 Å². The number of nitrogens with zero attached hydrogens (tertiary/aromatic N) is 3. The molecule has 0 bridgehead atoms. The third-order valence-electron chi connectivity index (χ3n) is 4.56. The summed E-state index contributed by atoms with van der Waals surface area (Å²) in [5.41, 5.74) is 1.27. The molecule has 0 aliphatic carbocycles. The van der Waals surface area contributed by atoms with Gasteiger partial charge in [-0.05, 0) is 25.1 Å². The summed E-state index contributed by atoms with van der Waals surface area (Å²) < 4.78 is 5.16. The van der Waals surface area contributed by atoms with Gasteiger partial charge in [-0.15, -0.1) is 0 Å². The molecule has 1 aromatic carbocycles. The van der Waals surface area contributed by atoms with E-state index in [2.05, 4.69) is 9.98 Å². The Morgan fingerprint density at radius 3 is 2.92 bits per heavy atom. The van der Waals surface area contributed by atoms with Crippen molar-refractivity contribution in [2.24, 2.45) is 4.99 Å². The SMILES string of the molecule is COc1cc(N2CC[C@@]3(O)C(=O)c4cc(C)ccc4N=C23)ccn1. The van der Waals surface area contributed by atoms with Crippen LogP contribution < -0.4 is 9.64 Å². The Labute approximate surface area is 139 Å². The van der Waals surface area contributed by atoms with Crippen molar-refractivity contribution >= 4 is 23.0 Å². The number of hydrogen-bond acceptors (Lipinski definition) is 6. The second kappa shape index (κ2) is 5.14. The highest BCUT2D eigenvalue weighted by atomic mass is 16.5. The lowest BCUT2D eigenvalue weighted by Gasteiger charge is -2.29. The molecule has 2 aliphatic heterocycles. The summed E-state index contributed by atoms with van der Waals surface area (Å²) in [6, 6.07) is 9.09. The van der Waals surface area contributed by atoms with Crippen LogP contribution in [-0.4, -0.2) is 41.0 Å². The van der Waals surface area contributed by atoms with E-state index in [-0.39, 0.29) is 5.78 Å². The van der Waals surface area contributed by atoms with Gasteiger partial charge in [-0.2, -0.15) is 0 Å². The fraction of sp³-hybridized carbons (Fsp3) is 0.278. The van der Waals surface area contributed by atoms with Crippen molar-refractivity contribution in [2.75, 3.05) is 18.6 Å². The lowest BCUT2D eigenvalue weighted by atomic mass is 9.87. The number of anilines is 1. The predicted molar refractivity (Wildman–Crippen MR) is 90.3 cm³/mol. The van der Waals surface area contributed by atoms with Gasteiger partial charge in [-0.3, -0.25) is 4.79 Å². The van der Waals surface area contributed by atoms with Gasteiger partial charge in [-0.1, -0.05) is 11.6 Å². The van der Waals surface area contributed by atoms with Crippen LogP contribution in [0.5, 0.6) is 5.88 Å².